The Labute approximate surface area is 73.8 Å². The second-order valence-electron chi connectivity index (χ2n) is 2.73. The average molecular weight is 193 g/mol. The molecule has 3 nitrogen and oxygen atoms in total. The van der Waals surface area contributed by atoms with Gasteiger partial charge in [0.05, 0.1) is 0 Å². The van der Waals surface area contributed by atoms with Crippen molar-refractivity contribution in [2.75, 3.05) is 5.73 Å². The van der Waals surface area contributed by atoms with Crippen LogP contribution in [-0.4, -0.2) is 10.1 Å². The first-order valence-corrected chi connectivity index (χ1v) is 4.25. The van der Waals surface area contributed by atoms with Crippen molar-refractivity contribution >= 4 is 28.1 Å². The monoisotopic (exact) mass is 192 g/mol. The van der Waals surface area contributed by atoms with Gasteiger partial charge < -0.3 is 10.8 Å². The van der Waals surface area contributed by atoms with Crippen molar-refractivity contribution in [2.45, 2.75) is 19.4 Å². The third kappa shape index (κ3) is 1.83. The number of nitrogens with zero attached hydrogens (tertiary/aromatic N) is 1. The number of anilines is 1. The Kier molecular flexibility index (Phi) is 2.09. The van der Waals surface area contributed by atoms with E-state index in [9.17, 15) is 5.11 Å². The van der Waals surface area contributed by atoms with Crippen LogP contribution in [0.1, 0.15) is 19.5 Å². The van der Waals surface area contributed by atoms with Gasteiger partial charge in [0.2, 0.25) is 0 Å². The number of nitrogens with two attached hydrogens (primary N) is 1. The van der Waals surface area contributed by atoms with Gasteiger partial charge in [-0.05, 0) is 13.8 Å². The summed E-state index contributed by atoms with van der Waals surface area (Å²) in [5.41, 5.74) is 4.83. The summed E-state index contributed by atoms with van der Waals surface area (Å²) in [4.78, 5) is 3.90. The Morgan fingerprint density at radius 3 is 2.36 bits per heavy atom. The van der Waals surface area contributed by atoms with Crippen LogP contribution in [-0.2, 0) is 5.60 Å². The fraction of sp³-hybridized carbons (Fsp3) is 0.500. The van der Waals surface area contributed by atoms with Crippen molar-refractivity contribution in [3.63, 3.8) is 0 Å². The molecular weight excluding hydrogens is 184 g/mol. The van der Waals surface area contributed by atoms with E-state index in [4.69, 9.17) is 17.3 Å². The van der Waals surface area contributed by atoms with Gasteiger partial charge in [-0.15, -0.1) is 0 Å². The van der Waals surface area contributed by atoms with Crippen molar-refractivity contribution in [3.8, 4) is 0 Å². The highest BCUT2D eigenvalue weighted by molar-refractivity contribution is 7.19. The molecule has 0 aromatic carbocycles. The zero-order valence-corrected chi connectivity index (χ0v) is 7.83. The van der Waals surface area contributed by atoms with E-state index in [-0.39, 0.29) is 0 Å². The van der Waals surface area contributed by atoms with Crippen molar-refractivity contribution in [3.05, 3.63) is 10.0 Å². The van der Waals surface area contributed by atoms with Gasteiger partial charge in [-0.3, -0.25) is 0 Å². The maximum absolute atomic E-state index is 9.49. The first kappa shape index (κ1) is 8.77. The van der Waals surface area contributed by atoms with Gasteiger partial charge in [0.25, 0.3) is 0 Å². The summed E-state index contributed by atoms with van der Waals surface area (Å²) >= 11 is 6.91. The Morgan fingerprint density at radius 1 is 1.64 bits per heavy atom. The van der Waals surface area contributed by atoms with Crippen molar-refractivity contribution in [1.82, 2.24) is 4.98 Å². The van der Waals surface area contributed by atoms with Crippen LogP contribution in [0.3, 0.4) is 0 Å². The summed E-state index contributed by atoms with van der Waals surface area (Å²) in [6.07, 6.45) is 0. The minimum absolute atomic E-state index is 0.382. The van der Waals surface area contributed by atoms with Crippen molar-refractivity contribution in [1.29, 1.82) is 0 Å². The van der Waals surface area contributed by atoms with Crippen LogP contribution < -0.4 is 5.73 Å². The van der Waals surface area contributed by atoms with Gasteiger partial charge in [-0.25, -0.2) is 4.98 Å². The highest BCUT2D eigenvalue weighted by Gasteiger charge is 2.23. The topological polar surface area (TPSA) is 59.1 Å². The van der Waals surface area contributed by atoms with E-state index < -0.39 is 5.60 Å². The summed E-state index contributed by atoms with van der Waals surface area (Å²) in [5.74, 6) is 0. The summed E-state index contributed by atoms with van der Waals surface area (Å²) in [6, 6.07) is 0. The van der Waals surface area contributed by atoms with E-state index in [0.29, 0.717) is 15.2 Å². The molecule has 0 spiro atoms. The molecule has 3 N–H and O–H groups in total. The highest BCUT2D eigenvalue weighted by Crippen LogP contribution is 2.32. The Bertz CT molecular complexity index is 266. The largest absolute Gasteiger partial charge is 0.384 e. The van der Waals surface area contributed by atoms with Crippen LogP contribution in [0, 0.1) is 0 Å². The lowest BCUT2D eigenvalue weighted by Crippen LogP contribution is -2.16. The molecule has 11 heavy (non-hydrogen) atoms. The van der Waals surface area contributed by atoms with Crippen LogP contribution >= 0.6 is 22.9 Å². The first-order valence-electron chi connectivity index (χ1n) is 3.06. The smallest absolute Gasteiger partial charge is 0.181 e. The van der Waals surface area contributed by atoms with E-state index in [1.165, 1.54) is 11.3 Å². The molecule has 1 rings (SSSR count). The average Bonchev–Trinajstić information content (AvgIpc) is 2.08. The van der Waals surface area contributed by atoms with E-state index >= 15 is 0 Å². The first-order chi connectivity index (χ1) is 4.91. The summed E-state index contributed by atoms with van der Waals surface area (Å²) < 4.78 is 0.454. The number of thiazole rings is 1. The molecular formula is C6H9ClN2OS. The third-order valence-electron chi connectivity index (χ3n) is 1.18. The standard InChI is InChI=1S/C6H9ClN2OS/c1-6(2,10)3-4(7)11-5(8)9-3/h10H,1-2H3,(H2,8,9). The third-order valence-corrected chi connectivity index (χ3v) is 2.27. The Hall–Kier alpha value is -0.320. The second kappa shape index (κ2) is 2.62. The lowest BCUT2D eigenvalue weighted by molar-refractivity contribution is 0.0747. The molecule has 1 aromatic heterocycles. The fourth-order valence-corrected chi connectivity index (χ4v) is 1.92. The lowest BCUT2D eigenvalue weighted by atomic mass is 10.1. The van der Waals surface area contributed by atoms with Crippen molar-refractivity contribution < 1.29 is 5.11 Å². The lowest BCUT2D eigenvalue weighted by Gasteiger charge is -2.13. The maximum Gasteiger partial charge on any atom is 0.181 e. The molecule has 1 aromatic rings. The predicted molar refractivity (Wildman–Crippen MR) is 46.8 cm³/mol. The molecule has 0 radical (unpaired) electrons. The number of rotatable bonds is 1. The van der Waals surface area contributed by atoms with Gasteiger partial charge >= 0.3 is 0 Å². The molecule has 0 unspecified atom stereocenters. The predicted octanol–water partition coefficient (Wildman–Crippen LogP) is 1.61. The summed E-state index contributed by atoms with van der Waals surface area (Å²) in [5, 5.41) is 9.87. The maximum atomic E-state index is 9.49. The van der Waals surface area contributed by atoms with Gasteiger partial charge in [-0.2, -0.15) is 0 Å². The zero-order chi connectivity index (χ0) is 8.65. The molecule has 62 valence electrons. The molecule has 0 aliphatic heterocycles. The Morgan fingerprint density at radius 2 is 2.18 bits per heavy atom. The van der Waals surface area contributed by atoms with E-state index in [1.807, 2.05) is 0 Å². The highest BCUT2D eigenvalue weighted by atomic mass is 35.5. The normalized spacial score (nSPS) is 12.0. The minimum atomic E-state index is -1.01. The molecule has 1 heterocycles. The quantitative estimate of drug-likeness (QED) is 0.711. The number of halogens is 1. The molecule has 0 aliphatic rings. The van der Waals surface area contributed by atoms with Crippen LogP contribution in [0.5, 0.6) is 0 Å². The van der Waals surface area contributed by atoms with Crippen LogP contribution in [0.2, 0.25) is 4.34 Å². The van der Waals surface area contributed by atoms with Crippen LogP contribution in [0.15, 0.2) is 0 Å². The van der Waals surface area contributed by atoms with Gasteiger partial charge in [-0.1, -0.05) is 22.9 Å². The Balaban J connectivity index is 3.13. The van der Waals surface area contributed by atoms with E-state index in [2.05, 4.69) is 4.98 Å². The molecule has 0 fully saturated rings. The number of hydrogen-bond donors (Lipinski definition) is 2. The molecule has 0 saturated carbocycles. The van der Waals surface area contributed by atoms with Gasteiger partial charge in [0.15, 0.2) is 5.13 Å². The summed E-state index contributed by atoms with van der Waals surface area (Å²) in [6.45, 7) is 3.24. The summed E-state index contributed by atoms with van der Waals surface area (Å²) in [7, 11) is 0. The van der Waals surface area contributed by atoms with Crippen LogP contribution in [0.4, 0.5) is 5.13 Å². The number of aliphatic hydroxyl groups is 1. The number of nitrogen functional groups attached to an aromatic ring is 1. The second-order valence-corrected chi connectivity index (χ2v) is 4.37. The van der Waals surface area contributed by atoms with Gasteiger partial charge in [0.1, 0.15) is 15.6 Å². The van der Waals surface area contributed by atoms with E-state index in [1.54, 1.807) is 13.8 Å². The van der Waals surface area contributed by atoms with Gasteiger partial charge in [0, 0.05) is 0 Å². The molecule has 0 atom stereocenters. The number of hydrogen-bond acceptors (Lipinski definition) is 4. The number of aromatic nitrogens is 1. The van der Waals surface area contributed by atoms with Crippen LogP contribution in [0.25, 0.3) is 0 Å². The molecule has 0 aliphatic carbocycles. The molecule has 5 heteroatoms. The SMILES string of the molecule is CC(C)(O)c1nc(N)sc1Cl. The van der Waals surface area contributed by atoms with E-state index in [0.717, 1.165) is 0 Å². The minimum Gasteiger partial charge on any atom is -0.384 e. The molecule has 0 bridgehead atoms. The molecule has 0 saturated heterocycles. The van der Waals surface area contributed by atoms with Crippen molar-refractivity contribution in [2.24, 2.45) is 0 Å². The fourth-order valence-electron chi connectivity index (χ4n) is 0.694. The zero-order valence-electron chi connectivity index (χ0n) is 6.26. The molecule has 0 amide bonds.